The highest BCUT2D eigenvalue weighted by atomic mass is 19.1. The lowest BCUT2D eigenvalue weighted by Gasteiger charge is -2.47. The van der Waals surface area contributed by atoms with Crippen LogP contribution >= 0.6 is 0 Å². The minimum absolute atomic E-state index is 0.0848. The van der Waals surface area contributed by atoms with Crippen molar-refractivity contribution in [2.75, 3.05) is 14.2 Å². The first-order valence-corrected chi connectivity index (χ1v) is 7.51. The van der Waals surface area contributed by atoms with Crippen LogP contribution in [0.4, 0.5) is 8.78 Å². The molecule has 1 atom stereocenters. The summed E-state index contributed by atoms with van der Waals surface area (Å²) in [6.45, 7) is 4.45. The second kappa shape index (κ2) is 6.01. The number of rotatable bonds is 4. The van der Waals surface area contributed by atoms with Crippen molar-refractivity contribution in [1.29, 1.82) is 0 Å². The third-order valence-electron chi connectivity index (χ3n) is 4.96. The summed E-state index contributed by atoms with van der Waals surface area (Å²) in [6, 6.07) is 3.52. The van der Waals surface area contributed by atoms with Crippen LogP contribution in [-0.2, 0) is 4.74 Å². The average molecular weight is 297 g/mol. The fraction of sp³-hybridized carbons (Fsp3) is 0.647. The number of likely N-dealkylation sites (N-methyl/N-ethyl adjacent to an activating group) is 1. The highest BCUT2D eigenvalue weighted by molar-refractivity contribution is 5.27. The van der Waals surface area contributed by atoms with Crippen molar-refractivity contribution in [2.24, 2.45) is 5.41 Å². The zero-order chi connectivity index (χ0) is 15.7. The average Bonchev–Trinajstić information content (AvgIpc) is 2.44. The summed E-state index contributed by atoms with van der Waals surface area (Å²) in [5.41, 5.74) is -0.219. The molecule has 1 saturated carbocycles. The van der Waals surface area contributed by atoms with Gasteiger partial charge in [-0.3, -0.25) is 0 Å². The Bertz CT molecular complexity index is 471. The predicted octanol–water partition coefficient (Wildman–Crippen LogP) is 4.21. The lowest BCUT2D eigenvalue weighted by Crippen LogP contribution is -2.49. The number of ether oxygens (including phenoxy) is 1. The van der Waals surface area contributed by atoms with Gasteiger partial charge >= 0.3 is 0 Å². The molecule has 1 aromatic carbocycles. The van der Waals surface area contributed by atoms with Crippen LogP contribution in [0.25, 0.3) is 0 Å². The van der Waals surface area contributed by atoms with Gasteiger partial charge in [0.15, 0.2) is 0 Å². The largest absolute Gasteiger partial charge is 0.376 e. The van der Waals surface area contributed by atoms with Crippen LogP contribution in [0.1, 0.15) is 51.1 Å². The molecule has 1 aliphatic rings. The fourth-order valence-corrected chi connectivity index (χ4v) is 3.42. The van der Waals surface area contributed by atoms with Crippen molar-refractivity contribution in [3.8, 4) is 0 Å². The smallest absolute Gasteiger partial charge is 0.131 e. The minimum Gasteiger partial charge on any atom is -0.376 e. The van der Waals surface area contributed by atoms with Crippen LogP contribution in [-0.4, -0.2) is 19.8 Å². The Morgan fingerprint density at radius 2 is 1.62 bits per heavy atom. The van der Waals surface area contributed by atoms with Crippen LogP contribution in [0.15, 0.2) is 18.2 Å². The Balaban J connectivity index is 2.39. The van der Waals surface area contributed by atoms with Crippen molar-refractivity contribution in [3.63, 3.8) is 0 Å². The third kappa shape index (κ3) is 3.11. The molecule has 0 amide bonds. The predicted molar refractivity (Wildman–Crippen MR) is 80.1 cm³/mol. The molecule has 2 rings (SSSR count). The molecule has 1 aliphatic carbocycles. The summed E-state index contributed by atoms with van der Waals surface area (Å²) in [5, 5.41) is 3.08. The van der Waals surface area contributed by atoms with Gasteiger partial charge in [-0.1, -0.05) is 19.9 Å². The Labute approximate surface area is 125 Å². The first-order chi connectivity index (χ1) is 9.85. The molecule has 1 unspecified atom stereocenters. The molecule has 0 heterocycles. The van der Waals surface area contributed by atoms with E-state index in [-0.39, 0.29) is 11.0 Å². The Kier molecular flexibility index (Phi) is 4.69. The van der Waals surface area contributed by atoms with Gasteiger partial charge in [-0.2, -0.15) is 0 Å². The number of benzene rings is 1. The molecule has 0 bridgehead atoms. The van der Waals surface area contributed by atoms with E-state index in [1.165, 1.54) is 18.2 Å². The molecule has 21 heavy (non-hydrogen) atoms. The van der Waals surface area contributed by atoms with Gasteiger partial charge in [-0.15, -0.1) is 0 Å². The normalized spacial score (nSPS) is 22.0. The Hall–Kier alpha value is -1.00. The van der Waals surface area contributed by atoms with E-state index in [1.807, 2.05) is 0 Å². The summed E-state index contributed by atoms with van der Waals surface area (Å²) < 4.78 is 34.1. The lowest BCUT2D eigenvalue weighted by atomic mass is 9.67. The van der Waals surface area contributed by atoms with Gasteiger partial charge in [-0.25, -0.2) is 8.78 Å². The molecule has 118 valence electrons. The first-order valence-electron chi connectivity index (χ1n) is 7.51. The van der Waals surface area contributed by atoms with Crippen molar-refractivity contribution in [2.45, 2.75) is 51.2 Å². The van der Waals surface area contributed by atoms with Crippen molar-refractivity contribution < 1.29 is 13.5 Å². The quantitative estimate of drug-likeness (QED) is 0.899. The summed E-state index contributed by atoms with van der Waals surface area (Å²) >= 11 is 0. The second-order valence-corrected chi connectivity index (χ2v) is 6.79. The van der Waals surface area contributed by atoms with E-state index in [0.29, 0.717) is 0 Å². The Morgan fingerprint density at radius 1 is 1.10 bits per heavy atom. The van der Waals surface area contributed by atoms with Gasteiger partial charge in [0.1, 0.15) is 11.6 Å². The van der Waals surface area contributed by atoms with Gasteiger partial charge in [0.25, 0.3) is 0 Å². The maximum atomic E-state index is 14.2. The van der Waals surface area contributed by atoms with E-state index < -0.39 is 23.3 Å². The van der Waals surface area contributed by atoms with E-state index in [2.05, 4.69) is 19.2 Å². The number of methoxy groups -OCH3 is 1. The maximum Gasteiger partial charge on any atom is 0.131 e. The second-order valence-electron chi connectivity index (χ2n) is 6.79. The van der Waals surface area contributed by atoms with Crippen LogP contribution in [0.3, 0.4) is 0 Å². The van der Waals surface area contributed by atoms with E-state index >= 15 is 0 Å². The molecule has 4 heteroatoms. The summed E-state index contributed by atoms with van der Waals surface area (Å²) in [7, 11) is 3.37. The summed E-state index contributed by atoms with van der Waals surface area (Å²) in [6.07, 6.45) is 3.54. The SMILES string of the molecule is CNC(c1c(F)cccc1F)C1(OC)CCC(C)(C)CC1. The zero-order valence-corrected chi connectivity index (χ0v) is 13.3. The molecule has 1 fully saturated rings. The highest BCUT2D eigenvalue weighted by Crippen LogP contribution is 2.47. The number of hydrogen-bond donors (Lipinski definition) is 1. The molecule has 0 saturated heterocycles. The third-order valence-corrected chi connectivity index (χ3v) is 4.96. The standard InChI is InChI=1S/C17H25F2NO/c1-16(2)8-10-17(21-4,11-9-16)15(20-3)14-12(18)6-5-7-13(14)19/h5-7,15,20H,8-11H2,1-4H3. The zero-order valence-electron chi connectivity index (χ0n) is 13.3. The van der Waals surface area contributed by atoms with E-state index in [4.69, 9.17) is 4.74 Å². The van der Waals surface area contributed by atoms with E-state index in [9.17, 15) is 8.78 Å². The first kappa shape index (κ1) is 16.4. The lowest BCUT2D eigenvalue weighted by molar-refractivity contribution is -0.0874. The van der Waals surface area contributed by atoms with Gasteiger partial charge in [-0.05, 0) is 50.3 Å². The molecule has 1 aromatic rings. The minimum atomic E-state index is -0.562. The van der Waals surface area contributed by atoms with Crippen LogP contribution < -0.4 is 5.32 Å². The molecular formula is C17H25F2NO. The van der Waals surface area contributed by atoms with Crippen molar-refractivity contribution in [3.05, 3.63) is 35.4 Å². The topological polar surface area (TPSA) is 21.3 Å². The number of nitrogens with one attached hydrogen (secondary N) is 1. The summed E-state index contributed by atoms with van der Waals surface area (Å²) in [4.78, 5) is 0. The van der Waals surface area contributed by atoms with Gasteiger partial charge < -0.3 is 10.1 Å². The molecule has 0 aliphatic heterocycles. The van der Waals surface area contributed by atoms with Crippen molar-refractivity contribution in [1.82, 2.24) is 5.32 Å². The maximum absolute atomic E-state index is 14.2. The fourth-order valence-electron chi connectivity index (χ4n) is 3.42. The molecular weight excluding hydrogens is 272 g/mol. The monoisotopic (exact) mass is 297 g/mol. The van der Waals surface area contributed by atoms with Crippen molar-refractivity contribution >= 4 is 0 Å². The molecule has 2 nitrogen and oxygen atoms in total. The van der Waals surface area contributed by atoms with Gasteiger partial charge in [0, 0.05) is 12.7 Å². The molecule has 0 aromatic heterocycles. The van der Waals surface area contributed by atoms with Gasteiger partial charge in [0.05, 0.1) is 11.6 Å². The molecule has 0 spiro atoms. The van der Waals surface area contributed by atoms with Crippen LogP contribution in [0, 0.1) is 17.0 Å². The van der Waals surface area contributed by atoms with E-state index in [1.54, 1.807) is 14.2 Å². The number of hydrogen-bond acceptors (Lipinski definition) is 2. The highest BCUT2D eigenvalue weighted by Gasteiger charge is 2.46. The number of halogens is 2. The van der Waals surface area contributed by atoms with E-state index in [0.717, 1.165) is 25.7 Å². The van der Waals surface area contributed by atoms with Crippen LogP contribution in [0.2, 0.25) is 0 Å². The summed E-state index contributed by atoms with van der Waals surface area (Å²) in [5.74, 6) is -1.04. The van der Waals surface area contributed by atoms with Gasteiger partial charge in [0.2, 0.25) is 0 Å². The van der Waals surface area contributed by atoms with Crippen LogP contribution in [0.5, 0.6) is 0 Å². The molecule has 0 radical (unpaired) electrons. The molecule has 1 N–H and O–H groups in total. The Morgan fingerprint density at radius 3 is 2.05 bits per heavy atom.